The number of carbonyl (C=O) groups is 1. The summed E-state index contributed by atoms with van der Waals surface area (Å²) < 4.78 is 0. The van der Waals surface area contributed by atoms with Crippen molar-refractivity contribution in [3.05, 3.63) is 54.5 Å². The van der Waals surface area contributed by atoms with Gasteiger partial charge in [-0.25, -0.2) is 4.79 Å². The number of carbonyl (C=O) groups excluding carboxylic acids is 1. The van der Waals surface area contributed by atoms with Crippen LogP contribution >= 0.6 is 11.3 Å². The predicted molar refractivity (Wildman–Crippen MR) is 81.5 cm³/mol. The number of nitrogens with one attached hydrogen (secondary N) is 2. The molecule has 2 aromatic heterocycles. The van der Waals surface area contributed by atoms with Crippen LogP contribution in [-0.2, 0) is 17.8 Å². The molecular weight excluding hydrogens is 290 g/mol. The summed E-state index contributed by atoms with van der Waals surface area (Å²) in [4.78, 5) is 41.2. The number of H-pyrrole nitrogens is 2. The second-order valence-electron chi connectivity index (χ2n) is 4.89. The molecule has 1 amide bonds. The van der Waals surface area contributed by atoms with Crippen molar-refractivity contribution in [3.8, 4) is 0 Å². The Morgan fingerprint density at radius 1 is 1.33 bits per heavy atom. The van der Waals surface area contributed by atoms with E-state index in [0.717, 1.165) is 5.56 Å². The van der Waals surface area contributed by atoms with Crippen LogP contribution in [-0.4, -0.2) is 27.8 Å². The van der Waals surface area contributed by atoms with Crippen LogP contribution in [0.5, 0.6) is 0 Å². The summed E-state index contributed by atoms with van der Waals surface area (Å²) in [5, 5.41) is 3.97. The molecule has 21 heavy (non-hydrogen) atoms. The third-order valence-electron chi connectivity index (χ3n) is 3.27. The van der Waals surface area contributed by atoms with Crippen LogP contribution in [0.1, 0.15) is 23.2 Å². The maximum absolute atomic E-state index is 12.1. The summed E-state index contributed by atoms with van der Waals surface area (Å²) >= 11 is 1.59. The molecule has 2 heterocycles. The average molecular weight is 307 g/mol. The lowest BCUT2D eigenvalue weighted by Crippen LogP contribution is -2.30. The summed E-state index contributed by atoms with van der Waals surface area (Å²) in [7, 11) is 1.74. The molecule has 0 radical (unpaired) electrons. The van der Waals surface area contributed by atoms with Gasteiger partial charge in [-0.2, -0.15) is 11.3 Å². The first kappa shape index (κ1) is 15.2. The molecule has 0 unspecified atom stereocenters. The molecule has 0 saturated heterocycles. The van der Waals surface area contributed by atoms with Crippen LogP contribution < -0.4 is 11.2 Å². The minimum Gasteiger partial charge on any atom is -0.341 e. The predicted octanol–water partition coefficient (Wildman–Crippen LogP) is 1.02. The van der Waals surface area contributed by atoms with Gasteiger partial charge >= 0.3 is 5.69 Å². The molecular formula is C14H17N3O3S. The van der Waals surface area contributed by atoms with E-state index >= 15 is 0 Å². The van der Waals surface area contributed by atoms with Gasteiger partial charge in [0.2, 0.25) is 5.91 Å². The van der Waals surface area contributed by atoms with Crippen molar-refractivity contribution in [2.24, 2.45) is 0 Å². The Labute approximate surface area is 125 Å². The number of nitrogens with zero attached hydrogens (tertiary/aromatic N) is 1. The lowest BCUT2D eigenvalue weighted by atomic mass is 10.1. The van der Waals surface area contributed by atoms with Gasteiger partial charge in [-0.1, -0.05) is 0 Å². The van der Waals surface area contributed by atoms with E-state index in [0.29, 0.717) is 24.2 Å². The van der Waals surface area contributed by atoms with Gasteiger partial charge in [-0.15, -0.1) is 0 Å². The minimum absolute atomic E-state index is 0.0359. The fraction of sp³-hybridized carbons (Fsp3) is 0.357. The van der Waals surface area contributed by atoms with Crippen LogP contribution in [0.25, 0.3) is 0 Å². The molecule has 0 spiro atoms. The molecule has 0 fully saturated rings. The van der Waals surface area contributed by atoms with E-state index in [-0.39, 0.29) is 12.3 Å². The number of hydrogen-bond donors (Lipinski definition) is 2. The zero-order chi connectivity index (χ0) is 15.4. The zero-order valence-electron chi connectivity index (χ0n) is 11.9. The van der Waals surface area contributed by atoms with E-state index in [1.165, 1.54) is 0 Å². The molecule has 6 nitrogen and oxygen atoms in total. The Balaban J connectivity index is 1.98. The molecule has 2 rings (SSSR count). The molecule has 0 aliphatic carbocycles. The van der Waals surface area contributed by atoms with Crippen LogP contribution in [0.2, 0.25) is 0 Å². The molecule has 2 N–H and O–H groups in total. The SMILES string of the molecule is Cc1[nH]c(=O)[nH]c(=O)c1CCC(=O)N(C)Cc1ccsc1. The van der Waals surface area contributed by atoms with Crippen LogP contribution in [0, 0.1) is 6.92 Å². The van der Waals surface area contributed by atoms with E-state index in [1.807, 2.05) is 16.8 Å². The van der Waals surface area contributed by atoms with E-state index in [2.05, 4.69) is 9.97 Å². The quantitative estimate of drug-likeness (QED) is 0.865. The number of aryl methyl sites for hydroxylation is 1. The van der Waals surface area contributed by atoms with Crippen molar-refractivity contribution in [1.29, 1.82) is 0 Å². The number of thiophene rings is 1. The Morgan fingerprint density at radius 3 is 2.71 bits per heavy atom. The molecule has 2 aromatic rings. The van der Waals surface area contributed by atoms with Crippen molar-refractivity contribution in [2.45, 2.75) is 26.3 Å². The minimum atomic E-state index is -0.526. The van der Waals surface area contributed by atoms with E-state index in [4.69, 9.17) is 0 Å². The van der Waals surface area contributed by atoms with Crippen molar-refractivity contribution >= 4 is 17.2 Å². The van der Waals surface area contributed by atoms with Gasteiger partial charge in [0.05, 0.1) is 0 Å². The number of aromatic amines is 2. The molecule has 0 aromatic carbocycles. The highest BCUT2D eigenvalue weighted by atomic mass is 32.1. The van der Waals surface area contributed by atoms with E-state index in [1.54, 1.807) is 30.2 Å². The van der Waals surface area contributed by atoms with E-state index < -0.39 is 11.2 Å². The summed E-state index contributed by atoms with van der Waals surface area (Å²) in [5.74, 6) is -0.0359. The third-order valence-corrected chi connectivity index (χ3v) is 4.00. The van der Waals surface area contributed by atoms with Crippen molar-refractivity contribution in [3.63, 3.8) is 0 Å². The van der Waals surface area contributed by atoms with Gasteiger partial charge in [0.1, 0.15) is 0 Å². The fourth-order valence-corrected chi connectivity index (χ4v) is 2.75. The molecule has 0 atom stereocenters. The first-order chi connectivity index (χ1) is 9.97. The largest absolute Gasteiger partial charge is 0.341 e. The van der Waals surface area contributed by atoms with Crippen molar-refractivity contribution in [2.75, 3.05) is 7.05 Å². The molecule has 0 saturated carbocycles. The average Bonchev–Trinajstić information content (AvgIpc) is 2.89. The van der Waals surface area contributed by atoms with Crippen LogP contribution in [0.3, 0.4) is 0 Å². The molecule has 112 valence electrons. The van der Waals surface area contributed by atoms with Crippen LogP contribution in [0.4, 0.5) is 0 Å². The van der Waals surface area contributed by atoms with Gasteiger partial charge < -0.3 is 9.88 Å². The first-order valence-corrected chi connectivity index (χ1v) is 7.48. The maximum Gasteiger partial charge on any atom is 0.325 e. The first-order valence-electron chi connectivity index (χ1n) is 6.54. The highest BCUT2D eigenvalue weighted by Gasteiger charge is 2.12. The summed E-state index contributed by atoms with van der Waals surface area (Å²) in [6, 6.07) is 1.98. The summed E-state index contributed by atoms with van der Waals surface area (Å²) in [6.07, 6.45) is 0.543. The molecule has 0 aliphatic rings. The number of aromatic nitrogens is 2. The number of hydrogen-bond acceptors (Lipinski definition) is 4. The smallest absolute Gasteiger partial charge is 0.325 e. The summed E-state index contributed by atoms with van der Waals surface area (Å²) in [5.41, 5.74) is 1.10. The monoisotopic (exact) mass is 307 g/mol. The van der Waals surface area contributed by atoms with Crippen LogP contribution in [0.15, 0.2) is 26.4 Å². The number of amides is 1. The Hall–Kier alpha value is -2.15. The van der Waals surface area contributed by atoms with E-state index in [9.17, 15) is 14.4 Å². The highest BCUT2D eigenvalue weighted by Crippen LogP contribution is 2.10. The second-order valence-corrected chi connectivity index (χ2v) is 5.67. The van der Waals surface area contributed by atoms with Crippen molar-refractivity contribution in [1.82, 2.24) is 14.9 Å². The second kappa shape index (κ2) is 6.53. The Bertz CT molecular complexity index is 731. The third kappa shape index (κ3) is 3.91. The number of rotatable bonds is 5. The van der Waals surface area contributed by atoms with Crippen molar-refractivity contribution < 1.29 is 4.79 Å². The topological polar surface area (TPSA) is 86.0 Å². The lowest BCUT2D eigenvalue weighted by molar-refractivity contribution is -0.130. The van der Waals surface area contributed by atoms with Gasteiger partial charge in [-0.05, 0) is 35.7 Å². The van der Waals surface area contributed by atoms with Gasteiger partial charge in [0.25, 0.3) is 5.56 Å². The van der Waals surface area contributed by atoms with Gasteiger partial charge in [0.15, 0.2) is 0 Å². The van der Waals surface area contributed by atoms with Gasteiger partial charge in [-0.3, -0.25) is 14.6 Å². The fourth-order valence-electron chi connectivity index (χ4n) is 2.09. The Morgan fingerprint density at radius 2 is 2.10 bits per heavy atom. The Kier molecular flexibility index (Phi) is 4.74. The molecule has 7 heteroatoms. The standard InChI is InChI=1S/C14H17N3O3S/c1-9-11(13(19)16-14(20)15-9)3-4-12(18)17(2)7-10-5-6-21-8-10/h5-6,8H,3-4,7H2,1-2H3,(H2,15,16,19,20). The van der Waals surface area contributed by atoms with Gasteiger partial charge in [0, 0.05) is 31.3 Å². The molecule has 0 aliphatic heterocycles. The normalized spacial score (nSPS) is 10.6. The maximum atomic E-state index is 12.1. The zero-order valence-corrected chi connectivity index (χ0v) is 12.8. The summed E-state index contributed by atoms with van der Waals surface area (Å²) in [6.45, 7) is 2.22. The highest BCUT2D eigenvalue weighted by molar-refractivity contribution is 7.07. The molecule has 0 bridgehead atoms. The lowest BCUT2D eigenvalue weighted by Gasteiger charge is -2.16.